The van der Waals surface area contributed by atoms with Crippen molar-refractivity contribution in [2.75, 3.05) is 98.2 Å². The molecule has 0 saturated carbocycles. The molecular weight excluding hydrogens is 1300 g/mol. The Hall–Kier alpha value is -8.94. The highest BCUT2D eigenvalue weighted by Crippen LogP contribution is 2.51. The molecule has 8 amide bonds. The highest BCUT2D eigenvalue weighted by Gasteiger charge is 2.56. The maximum Gasteiger partial charge on any atom is 0.326 e. The van der Waals surface area contributed by atoms with E-state index in [1.165, 1.54) is 24.3 Å². The Bertz CT molecular complexity index is 2870. The van der Waals surface area contributed by atoms with Gasteiger partial charge in [0, 0.05) is 103 Å². The minimum Gasteiger partial charge on any atom is -0.481 e. The van der Waals surface area contributed by atoms with E-state index in [4.69, 9.17) is 5.11 Å². The molecule has 0 unspecified atom stereocenters. The molecule has 0 radical (unpaired) electrons. The van der Waals surface area contributed by atoms with Crippen LogP contribution in [0.15, 0.2) is 24.3 Å². The van der Waals surface area contributed by atoms with E-state index in [2.05, 4.69) is 31.9 Å². The fraction of sp³-hybridized carbons (Fsp3) is 0.650. The Morgan fingerprint density at radius 2 is 0.794 bits per heavy atom. The first kappa shape index (κ1) is 84.1. The number of halogens is 1. The Balaban J connectivity index is 2.09. The van der Waals surface area contributed by atoms with Crippen LogP contribution in [0.1, 0.15) is 123 Å². The summed E-state index contributed by atoms with van der Waals surface area (Å²) in [6, 6.07) is -3.56. The van der Waals surface area contributed by atoms with Crippen LogP contribution in [0.3, 0.4) is 0 Å². The number of nitrogens with zero attached hydrogens (tertiary/aromatic N) is 4. The Morgan fingerprint density at radius 1 is 0.412 bits per heavy atom. The second-order valence-corrected chi connectivity index (χ2v) is 30.3. The molecule has 2 rings (SSSR count). The van der Waals surface area contributed by atoms with Gasteiger partial charge >= 0.3 is 53.8 Å². The lowest BCUT2D eigenvalue weighted by Crippen LogP contribution is -2.58. The van der Waals surface area contributed by atoms with Crippen LogP contribution in [0.2, 0.25) is 10.1 Å². The Morgan fingerprint density at radius 3 is 1.20 bits per heavy atom. The molecule has 16 N–H and O–H groups in total. The lowest BCUT2D eigenvalue weighted by Gasteiger charge is -2.44. The van der Waals surface area contributed by atoms with Crippen molar-refractivity contribution in [3.05, 3.63) is 29.8 Å². The van der Waals surface area contributed by atoms with Gasteiger partial charge in [-0.2, -0.15) is 0 Å². The number of carboxylic acids is 8. The largest absolute Gasteiger partial charge is 0.481 e. The van der Waals surface area contributed by atoms with Crippen LogP contribution >= 0.6 is 0 Å². The zero-order chi connectivity index (χ0) is 73.4. The summed E-state index contributed by atoms with van der Waals surface area (Å²) in [4.78, 5) is 192. The summed E-state index contributed by atoms with van der Waals surface area (Å²) in [5, 5.41) is 93.8. The average molecular weight is 1400 g/mol. The van der Waals surface area contributed by atoms with E-state index in [0.717, 1.165) is 0 Å². The fourth-order valence-electron chi connectivity index (χ4n) is 10.7. The van der Waals surface area contributed by atoms with Gasteiger partial charge in [0.25, 0.3) is 14.3 Å². The second kappa shape index (κ2) is 41.2. The third-order valence-electron chi connectivity index (χ3n) is 15.7. The van der Waals surface area contributed by atoms with Gasteiger partial charge in [-0.05, 0) is 72.3 Å². The molecule has 1 saturated heterocycles. The van der Waals surface area contributed by atoms with E-state index in [9.17, 15) is 108 Å². The molecule has 1 fully saturated rings. The van der Waals surface area contributed by atoms with E-state index >= 15 is 4.11 Å². The maximum absolute atomic E-state index is 17.2. The third-order valence-corrected chi connectivity index (χ3v) is 20.9. The van der Waals surface area contributed by atoms with E-state index < -0.39 is 183 Å². The van der Waals surface area contributed by atoms with Crippen molar-refractivity contribution in [1.29, 1.82) is 0 Å². The molecule has 97 heavy (non-hydrogen) atoms. The number of unbranched alkanes of at least 4 members (excludes halogenated alkanes) is 1. The molecule has 0 aliphatic carbocycles. The predicted octanol–water partition coefficient (Wildman–Crippen LogP) is -1.95. The van der Waals surface area contributed by atoms with Crippen molar-refractivity contribution in [3.63, 3.8) is 0 Å². The van der Waals surface area contributed by atoms with E-state index in [1.807, 2.05) is 10.6 Å². The number of carbonyl (C=O) groups excluding carboxylic acids is 7. The average Bonchev–Trinajstić information content (AvgIpc) is 0.749. The van der Waals surface area contributed by atoms with Crippen molar-refractivity contribution in [2.24, 2.45) is 0 Å². The summed E-state index contributed by atoms with van der Waals surface area (Å²) in [5.74, 6) is -15.6. The zero-order valence-electron chi connectivity index (χ0n) is 55.4. The highest BCUT2D eigenvalue weighted by atomic mass is 28.4. The summed E-state index contributed by atoms with van der Waals surface area (Å²) >= 11 is 0. The molecule has 1 aliphatic rings. The molecular formula is C60H95FN12O23Si. The van der Waals surface area contributed by atoms with Crippen molar-refractivity contribution < 1.29 is 117 Å². The number of hydrogen-bond acceptors (Lipinski definition) is 19. The quantitative estimate of drug-likeness (QED) is 0.0193. The standard InChI is InChI=1S/C60H95FN12O23Si/c1-59(2,3)97(61,60(4,5)6)38-14-12-37(13-15-38)52(86)67-43(32-64-47(77)33-70-24-26-71(34-49(80)81)28-30-73(36-51(84)85)31-29-72(27-25-70)35-50(82)83)53(87)66-40(55(90)91)10-7-8-22-62-44(74)19-20-45(75)63-23-9-11-39(54(88)89)65-46(76)18-16-41(56(92)93)68-58(96)69-42(57(94)95)17-21-48(78)79/h12-15,39-43H,7-11,16-36H2,1-6H3,(H,62,74)(H,63,75)(H,64,77)(H,65,76)(H,66,87)(H,67,86)(H,78,79)(H,80,81)(H,82,83)(H,84,85)(H,88,89)(H,90,91)(H,92,93)(H,94,95)(H2,68,69,96)/t39-,40-,41-,42-,43+/m0/s1. The molecule has 1 aliphatic heterocycles. The second-order valence-electron chi connectivity index (χ2n) is 25.4. The molecule has 37 heteroatoms. The summed E-state index contributed by atoms with van der Waals surface area (Å²) in [6.07, 6.45) is -3.00. The smallest absolute Gasteiger partial charge is 0.326 e. The van der Waals surface area contributed by atoms with Gasteiger partial charge in [-0.3, -0.25) is 67.5 Å². The van der Waals surface area contributed by atoms with Crippen LogP contribution in [0, 0.1) is 0 Å². The highest BCUT2D eigenvalue weighted by molar-refractivity contribution is 6.90. The normalized spacial score (nSPS) is 15.5. The van der Waals surface area contributed by atoms with Gasteiger partial charge < -0.3 is 87.5 Å². The molecule has 1 heterocycles. The van der Waals surface area contributed by atoms with Crippen LogP contribution in [0.25, 0.3) is 0 Å². The van der Waals surface area contributed by atoms with Crippen LogP contribution in [0.4, 0.5) is 8.90 Å². The number of nitrogens with one attached hydrogen (secondary N) is 8. The summed E-state index contributed by atoms with van der Waals surface area (Å²) in [7, 11) is -3.78. The minimum absolute atomic E-state index is 0.00322. The lowest BCUT2D eigenvalue weighted by molar-refractivity contribution is -0.142. The molecule has 0 aromatic heterocycles. The van der Waals surface area contributed by atoms with Crippen molar-refractivity contribution in [2.45, 2.75) is 152 Å². The van der Waals surface area contributed by atoms with E-state index in [-0.39, 0.29) is 129 Å². The lowest BCUT2D eigenvalue weighted by atomic mass is 10.1. The monoisotopic (exact) mass is 1400 g/mol. The topological polar surface area (TPSA) is 527 Å². The minimum atomic E-state index is -3.78. The number of urea groups is 1. The number of rotatable bonds is 40. The van der Waals surface area contributed by atoms with Crippen LogP contribution in [-0.4, -0.2) is 286 Å². The van der Waals surface area contributed by atoms with E-state index in [1.54, 1.807) is 61.1 Å². The van der Waals surface area contributed by atoms with Gasteiger partial charge in [0.1, 0.15) is 30.2 Å². The predicted molar refractivity (Wildman–Crippen MR) is 343 cm³/mol. The van der Waals surface area contributed by atoms with Crippen LogP contribution in [0.5, 0.6) is 0 Å². The van der Waals surface area contributed by atoms with Crippen LogP contribution in [-0.2, 0) is 62.3 Å². The first-order valence-corrected chi connectivity index (χ1v) is 33.4. The van der Waals surface area contributed by atoms with Crippen molar-refractivity contribution >= 4 is 103 Å². The molecule has 0 spiro atoms. The number of benzene rings is 1. The number of aliphatic carboxylic acids is 8. The fourth-order valence-corrected chi connectivity index (χ4v) is 15.3. The summed E-state index contributed by atoms with van der Waals surface area (Å²) in [5.41, 5.74) is 0.00322. The Kier molecular flexibility index (Phi) is 35.8. The third kappa shape index (κ3) is 32.1. The molecule has 0 bridgehead atoms. The van der Waals surface area contributed by atoms with Gasteiger partial charge in [0.2, 0.25) is 29.5 Å². The molecule has 35 nitrogen and oxygen atoms in total. The maximum atomic E-state index is 17.2. The van der Waals surface area contributed by atoms with Gasteiger partial charge in [-0.25, -0.2) is 24.0 Å². The number of carboxylic acid groups (broad SMARTS) is 8. The van der Waals surface area contributed by atoms with Crippen molar-refractivity contribution in [1.82, 2.24) is 62.1 Å². The Labute approximate surface area is 560 Å². The number of carbonyl (C=O) groups is 15. The number of amides is 8. The van der Waals surface area contributed by atoms with Crippen LogP contribution < -0.4 is 47.7 Å². The number of hydrogen-bond donors (Lipinski definition) is 16. The zero-order valence-corrected chi connectivity index (χ0v) is 56.4. The van der Waals surface area contributed by atoms with Crippen molar-refractivity contribution in [3.8, 4) is 0 Å². The molecule has 1 aromatic carbocycles. The van der Waals surface area contributed by atoms with Gasteiger partial charge in [0.05, 0.1) is 26.2 Å². The first-order chi connectivity index (χ1) is 45.2. The van der Waals surface area contributed by atoms with Gasteiger partial charge in [-0.1, -0.05) is 53.7 Å². The molecule has 544 valence electrons. The summed E-state index contributed by atoms with van der Waals surface area (Å²) < 4.78 is 17.2. The molecule has 5 atom stereocenters. The first-order valence-electron chi connectivity index (χ1n) is 31.5. The SMILES string of the molecule is CC(C)(C)[Si](F)(c1ccc(C(=O)N[C@H](CNC(=O)CN2CCN(CC(=O)O)CCN(CC(=O)O)CCN(CC(=O)O)CC2)C(=O)N[C@@H](CCCCNC(=O)CCC(=O)NCCC[C@H](NC(=O)CC[C@H](NC(=O)N[C@@H](CCC(=O)O)C(=O)O)C(=O)O)C(=O)O)C(=O)O)cc1)C(C)(C)C. The molecule has 1 aromatic rings. The summed E-state index contributed by atoms with van der Waals surface area (Å²) in [6.45, 7) is 9.36. The van der Waals surface area contributed by atoms with E-state index in [0.29, 0.717) is 5.19 Å². The van der Waals surface area contributed by atoms with Gasteiger partial charge in [-0.15, -0.1) is 0 Å². The van der Waals surface area contributed by atoms with Gasteiger partial charge in [0.15, 0.2) is 0 Å².